The molecule has 3 N–H and O–H groups in total. The molecule has 0 unspecified atom stereocenters. The van der Waals surface area contributed by atoms with Crippen LogP contribution in [0.2, 0.25) is 0 Å². The van der Waals surface area contributed by atoms with Gasteiger partial charge in [0.2, 0.25) is 0 Å². The lowest BCUT2D eigenvalue weighted by molar-refractivity contribution is -0.137. The van der Waals surface area contributed by atoms with Gasteiger partial charge in [0.1, 0.15) is 23.2 Å². The third-order valence-electron chi connectivity index (χ3n) is 3.82. The van der Waals surface area contributed by atoms with Gasteiger partial charge in [0.05, 0.1) is 11.3 Å². The fourth-order valence-corrected chi connectivity index (χ4v) is 2.55. The largest absolute Gasteiger partial charge is 0.508 e. The Hall–Kier alpha value is -3.53. The second-order valence-corrected chi connectivity index (χ2v) is 5.55. The molecule has 7 heteroatoms. The SMILES string of the molecule is N#Cc1c(-c2cccc(C(F)(F)F)c2)cc(-c2ccc(O)cc2)nc1N. The monoisotopic (exact) mass is 355 g/mol. The van der Waals surface area contributed by atoms with Crippen LogP contribution in [-0.4, -0.2) is 10.1 Å². The molecule has 0 aliphatic carbocycles. The normalized spacial score (nSPS) is 11.2. The number of pyridine rings is 1. The topological polar surface area (TPSA) is 82.9 Å². The van der Waals surface area contributed by atoms with E-state index in [-0.39, 0.29) is 28.3 Å². The van der Waals surface area contributed by atoms with Crippen LogP contribution in [0.3, 0.4) is 0 Å². The molecule has 3 rings (SSSR count). The average molecular weight is 355 g/mol. The molecular formula is C19H12F3N3O. The quantitative estimate of drug-likeness (QED) is 0.704. The molecule has 0 aliphatic heterocycles. The van der Waals surface area contributed by atoms with Crippen LogP contribution in [0.25, 0.3) is 22.4 Å². The van der Waals surface area contributed by atoms with E-state index in [1.165, 1.54) is 30.3 Å². The lowest BCUT2D eigenvalue weighted by atomic mass is 9.97. The van der Waals surface area contributed by atoms with Gasteiger partial charge in [-0.3, -0.25) is 0 Å². The molecule has 0 bridgehead atoms. The van der Waals surface area contributed by atoms with Crippen molar-refractivity contribution in [2.45, 2.75) is 6.18 Å². The van der Waals surface area contributed by atoms with E-state index in [1.54, 1.807) is 12.1 Å². The van der Waals surface area contributed by atoms with Crippen LogP contribution in [-0.2, 0) is 6.18 Å². The number of hydrogen-bond acceptors (Lipinski definition) is 4. The first-order chi connectivity index (χ1) is 12.3. The Morgan fingerprint density at radius 3 is 2.31 bits per heavy atom. The number of anilines is 1. The summed E-state index contributed by atoms with van der Waals surface area (Å²) in [6.07, 6.45) is -4.50. The summed E-state index contributed by atoms with van der Waals surface area (Å²) in [6.45, 7) is 0. The standard InChI is InChI=1S/C19H12F3N3O/c20-19(21,22)13-3-1-2-12(8-13)15-9-17(25-18(24)16(15)10-23)11-4-6-14(26)7-5-11/h1-9,26H,(H2,24,25). The number of phenols is 1. The minimum absolute atomic E-state index is 0.00635. The van der Waals surface area contributed by atoms with E-state index in [2.05, 4.69) is 4.98 Å². The van der Waals surface area contributed by atoms with E-state index in [9.17, 15) is 23.5 Å². The second kappa shape index (κ2) is 6.41. The van der Waals surface area contributed by atoms with Crippen LogP contribution < -0.4 is 5.73 Å². The number of aromatic hydroxyl groups is 1. The summed E-state index contributed by atoms with van der Waals surface area (Å²) in [5.41, 5.74) is 6.50. The zero-order valence-corrected chi connectivity index (χ0v) is 13.2. The van der Waals surface area contributed by atoms with Crippen molar-refractivity contribution in [1.29, 1.82) is 5.26 Å². The van der Waals surface area contributed by atoms with E-state index in [4.69, 9.17) is 5.73 Å². The fraction of sp³-hybridized carbons (Fsp3) is 0.0526. The molecule has 0 aliphatic rings. The summed E-state index contributed by atoms with van der Waals surface area (Å²) in [5.74, 6) is -0.0149. The number of hydrogen-bond donors (Lipinski definition) is 2. The molecule has 0 spiro atoms. The minimum Gasteiger partial charge on any atom is -0.508 e. The molecule has 0 atom stereocenters. The van der Waals surface area contributed by atoms with Crippen LogP contribution in [0.4, 0.5) is 19.0 Å². The lowest BCUT2D eigenvalue weighted by Crippen LogP contribution is -2.05. The predicted octanol–water partition coefficient (Wildman–Crippen LogP) is 4.59. The van der Waals surface area contributed by atoms with Crippen molar-refractivity contribution in [3.8, 4) is 34.2 Å². The number of nitriles is 1. The third kappa shape index (κ3) is 3.30. The van der Waals surface area contributed by atoms with Crippen LogP contribution in [0, 0.1) is 11.3 Å². The summed E-state index contributed by atoms with van der Waals surface area (Å²) < 4.78 is 39.0. The van der Waals surface area contributed by atoms with Gasteiger partial charge in [-0.15, -0.1) is 0 Å². The van der Waals surface area contributed by atoms with Crippen molar-refractivity contribution >= 4 is 5.82 Å². The van der Waals surface area contributed by atoms with Gasteiger partial charge in [-0.1, -0.05) is 12.1 Å². The smallest absolute Gasteiger partial charge is 0.416 e. The Kier molecular flexibility index (Phi) is 4.26. The molecule has 26 heavy (non-hydrogen) atoms. The van der Waals surface area contributed by atoms with Gasteiger partial charge in [-0.05, 0) is 48.0 Å². The van der Waals surface area contributed by atoms with Crippen LogP contribution in [0.15, 0.2) is 54.6 Å². The highest BCUT2D eigenvalue weighted by Crippen LogP contribution is 2.35. The molecule has 4 nitrogen and oxygen atoms in total. The van der Waals surface area contributed by atoms with Gasteiger partial charge < -0.3 is 10.8 Å². The summed E-state index contributed by atoms with van der Waals surface area (Å²) in [7, 11) is 0. The maximum Gasteiger partial charge on any atom is 0.416 e. The Labute approximate surface area is 147 Å². The second-order valence-electron chi connectivity index (χ2n) is 5.55. The van der Waals surface area contributed by atoms with Gasteiger partial charge in [0, 0.05) is 11.1 Å². The molecule has 0 radical (unpaired) electrons. The van der Waals surface area contributed by atoms with Gasteiger partial charge >= 0.3 is 6.18 Å². The van der Waals surface area contributed by atoms with Crippen LogP contribution >= 0.6 is 0 Å². The molecule has 1 heterocycles. The maximum absolute atomic E-state index is 13.0. The molecule has 2 aromatic carbocycles. The first kappa shape index (κ1) is 17.3. The van der Waals surface area contributed by atoms with Crippen LogP contribution in [0.1, 0.15) is 11.1 Å². The Bertz CT molecular complexity index is 1010. The van der Waals surface area contributed by atoms with Crippen molar-refractivity contribution < 1.29 is 18.3 Å². The summed E-state index contributed by atoms with van der Waals surface area (Å²) in [5, 5.41) is 18.7. The van der Waals surface area contributed by atoms with E-state index in [0.29, 0.717) is 11.3 Å². The van der Waals surface area contributed by atoms with Crippen molar-refractivity contribution in [1.82, 2.24) is 4.98 Å². The zero-order valence-electron chi connectivity index (χ0n) is 13.2. The van der Waals surface area contributed by atoms with Gasteiger partial charge in [0.25, 0.3) is 0 Å². The predicted molar refractivity (Wildman–Crippen MR) is 90.9 cm³/mol. The van der Waals surface area contributed by atoms with E-state index >= 15 is 0 Å². The van der Waals surface area contributed by atoms with Gasteiger partial charge in [-0.2, -0.15) is 18.4 Å². The molecule has 0 saturated heterocycles. The molecule has 3 aromatic rings. The fourth-order valence-electron chi connectivity index (χ4n) is 2.55. The molecule has 0 amide bonds. The van der Waals surface area contributed by atoms with Gasteiger partial charge in [0.15, 0.2) is 0 Å². The number of nitrogens with zero attached hydrogens (tertiary/aromatic N) is 2. The summed E-state index contributed by atoms with van der Waals surface area (Å²) in [6, 6.07) is 14.2. The van der Waals surface area contributed by atoms with Gasteiger partial charge in [-0.25, -0.2) is 4.98 Å². The van der Waals surface area contributed by atoms with Crippen molar-refractivity contribution in [2.75, 3.05) is 5.73 Å². The highest BCUT2D eigenvalue weighted by molar-refractivity contribution is 5.80. The third-order valence-corrected chi connectivity index (χ3v) is 3.82. The number of phenolic OH excluding ortho intramolecular Hbond substituents is 1. The first-order valence-corrected chi connectivity index (χ1v) is 7.47. The number of nitrogen functional groups attached to an aromatic ring is 1. The van der Waals surface area contributed by atoms with Crippen LogP contribution in [0.5, 0.6) is 5.75 Å². The molecule has 0 fully saturated rings. The Morgan fingerprint density at radius 2 is 1.69 bits per heavy atom. The average Bonchev–Trinajstić information content (AvgIpc) is 2.61. The number of halogens is 3. The number of benzene rings is 2. The van der Waals surface area contributed by atoms with Crippen molar-refractivity contribution in [3.63, 3.8) is 0 Å². The van der Waals surface area contributed by atoms with E-state index in [0.717, 1.165) is 12.1 Å². The Balaban J connectivity index is 2.21. The lowest BCUT2D eigenvalue weighted by Gasteiger charge is -2.12. The van der Waals surface area contributed by atoms with E-state index in [1.807, 2.05) is 6.07 Å². The molecule has 1 aromatic heterocycles. The highest BCUT2D eigenvalue weighted by atomic mass is 19.4. The number of alkyl halides is 3. The number of rotatable bonds is 2. The molecule has 130 valence electrons. The maximum atomic E-state index is 13.0. The summed E-state index contributed by atoms with van der Waals surface area (Å²) >= 11 is 0. The Morgan fingerprint density at radius 1 is 1.00 bits per heavy atom. The molecular weight excluding hydrogens is 343 g/mol. The number of aromatic nitrogens is 1. The molecule has 0 saturated carbocycles. The van der Waals surface area contributed by atoms with E-state index < -0.39 is 11.7 Å². The number of nitrogens with two attached hydrogens (primary N) is 1. The first-order valence-electron chi connectivity index (χ1n) is 7.47. The zero-order chi connectivity index (χ0) is 18.9. The summed E-state index contributed by atoms with van der Waals surface area (Å²) in [4.78, 5) is 4.15. The highest BCUT2D eigenvalue weighted by Gasteiger charge is 2.30. The van der Waals surface area contributed by atoms with Crippen molar-refractivity contribution in [3.05, 3.63) is 65.7 Å². The minimum atomic E-state index is -4.50. The van der Waals surface area contributed by atoms with Crippen molar-refractivity contribution in [2.24, 2.45) is 0 Å².